The highest BCUT2D eigenvalue weighted by atomic mass is 32.2. The number of methoxy groups -OCH3 is 1. The molecule has 6 nitrogen and oxygen atoms in total. The fourth-order valence-electron chi connectivity index (χ4n) is 2.29. The molecule has 2 N–H and O–H groups in total. The number of carbonyl (C=O) groups is 1. The lowest BCUT2D eigenvalue weighted by atomic mass is 9.96. The maximum atomic E-state index is 12.3. The molecule has 24 heavy (non-hydrogen) atoms. The highest BCUT2D eigenvalue weighted by molar-refractivity contribution is 7.99. The Hall–Kier alpha value is -2.02. The molecule has 1 amide bonds. The van der Waals surface area contributed by atoms with Gasteiger partial charge in [0.15, 0.2) is 0 Å². The van der Waals surface area contributed by atoms with Gasteiger partial charge in [-0.15, -0.1) is 5.10 Å². The summed E-state index contributed by atoms with van der Waals surface area (Å²) in [7, 11) is 1.64. The van der Waals surface area contributed by atoms with Crippen LogP contribution in [0.2, 0.25) is 0 Å². The van der Waals surface area contributed by atoms with E-state index in [1.54, 1.807) is 7.11 Å². The molecule has 0 aliphatic heterocycles. The number of hydrogen-bond donors (Lipinski definition) is 2. The first-order valence-corrected chi connectivity index (χ1v) is 8.99. The largest absolute Gasteiger partial charge is 0.497 e. The van der Waals surface area contributed by atoms with Crippen molar-refractivity contribution in [1.29, 1.82) is 0 Å². The van der Waals surface area contributed by atoms with E-state index >= 15 is 0 Å². The van der Waals surface area contributed by atoms with Gasteiger partial charge in [0.05, 0.1) is 18.9 Å². The fraction of sp³-hybridized carbons (Fsp3) is 0.471. The summed E-state index contributed by atoms with van der Waals surface area (Å²) in [5, 5.41) is 10.6. The van der Waals surface area contributed by atoms with Crippen molar-refractivity contribution in [3.8, 4) is 5.75 Å². The van der Waals surface area contributed by atoms with Crippen molar-refractivity contribution >= 4 is 17.7 Å². The minimum Gasteiger partial charge on any atom is -0.497 e. The number of aromatic amines is 1. The Kier molecular flexibility index (Phi) is 6.66. The molecule has 130 valence electrons. The van der Waals surface area contributed by atoms with Crippen molar-refractivity contribution in [1.82, 2.24) is 20.5 Å². The summed E-state index contributed by atoms with van der Waals surface area (Å²) in [6, 6.07) is 7.75. The van der Waals surface area contributed by atoms with Gasteiger partial charge in [0.25, 0.3) is 0 Å². The average Bonchev–Trinajstić information content (AvgIpc) is 3.06. The van der Waals surface area contributed by atoms with E-state index in [-0.39, 0.29) is 17.9 Å². The van der Waals surface area contributed by atoms with Crippen molar-refractivity contribution < 1.29 is 9.53 Å². The SMILES string of the molecule is CCc1nc(SCC(=O)NC(c2ccc(OC)cc2)C(C)C)n[nH]1. The van der Waals surface area contributed by atoms with Gasteiger partial charge in [0.2, 0.25) is 11.1 Å². The van der Waals surface area contributed by atoms with Crippen molar-refractivity contribution in [3.05, 3.63) is 35.7 Å². The van der Waals surface area contributed by atoms with Gasteiger partial charge in [-0.05, 0) is 23.6 Å². The van der Waals surface area contributed by atoms with Gasteiger partial charge in [-0.2, -0.15) is 0 Å². The number of rotatable bonds is 8. The van der Waals surface area contributed by atoms with E-state index in [9.17, 15) is 4.79 Å². The quantitative estimate of drug-likeness (QED) is 0.717. The molecule has 0 spiro atoms. The lowest BCUT2D eigenvalue weighted by Gasteiger charge is -2.23. The first kappa shape index (κ1) is 18.3. The molecule has 7 heteroatoms. The van der Waals surface area contributed by atoms with Gasteiger partial charge in [0, 0.05) is 6.42 Å². The summed E-state index contributed by atoms with van der Waals surface area (Å²) in [4.78, 5) is 16.6. The second-order valence-electron chi connectivity index (χ2n) is 5.77. The molecule has 1 unspecified atom stereocenters. The molecule has 0 saturated carbocycles. The molecule has 1 atom stereocenters. The van der Waals surface area contributed by atoms with Crippen LogP contribution in [0, 0.1) is 5.92 Å². The van der Waals surface area contributed by atoms with E-state index in [0.717, 1.165) is 23.6 Å². The molecule has 0 fully saturated rings. The molecule has 2 rings (SSSR count). The van der Waals surface area contributed by atoms with Crippen LogP contribution >= 0.6 is 11.8 Å². The summed E-state index contributed by atoms with van der Waals surface area (Å²) >= 11 is 1.33. The van der Waals surface area contributed by atoms with Crippen LogP contribution in [0.5, 0.6) is 5.75 Å². The Bertz CT molecular complexity index is 655. The molecule has 0 aliphatic rings. The number of aromatic nitrogens is 3. The maximum Gasteiger partial charge on any atom is 0.230 e. The maximum absolute atomic E-state index is 12.3. The van der Waals surface area contributed by atoms with Crippen molar-refractivity contribution in [2.24, 2.45) is 5.92 Å². The zero-order chi connectivity index (χ0) is 17.5. The minimum atomic E-state index is -0.0395. The number of thioether (sulfide) groups is 1. The van der Waals surface area contributed by atoms with Crippen molar-refractivity contribution in [2.45, 2.75) is 38.4 Å². The molecule has 1 aromatic heterocycles. The lowest BCUT2D eigenvalue weighted by Crippen LogP contribution is -2.33. The minimum absolute atomic E-state index is 0.0302. The number of H-pyrrole nitrogens is 1. The van der Waals surface area contributed by atoms with Gasteiger partial charge >= 0.3 is 0 Å². The zero-order valence-corrected chi connectivity index (χ0v) is 15.3. The van der Waals surface area contributed by atoms with Gasteiger partial charge in [-0.1, -0.05) is 44.7 Å². The molecular weight excluding hydrogens is 324 g/mol. The van der Waals surface area contributed by atoms with Crippen LogP contribution in [-0.4, -0.2) is 34.0 Å². The van der Waals surface area contributed by atoms with Gasteiger partial charge < -0.3 is 10.1 Å². The first-order chi connectivity index (χ1) is 11.5. The number of amides is 1. The summed E-state index contributed by atoms with van der Waals surface area (Å²) < 4.78 is 5.18. The van der Waals surface area contributed by atoms with Crippen molar-refractivity contribution in [2.75, 3.05) is 12.9 Å². The molecular formula is C17H24N4O2S. The van der Waals surface area contributed by atoms with Gasteiger partial charge in [-0.25, -0.2) is 4.98 Å². The number of nitrogens with one attached hydrogen (secondary N) is 2. The lowest BCUT2D eigenvalue weighted by molar-refractivity contribution is -0.119. The Labute approximate surface area is 146 Å². The van der Waals surface area contributed by atoms with E-state index in [1.165, 1.54) is 11.8 Å². The zero-order valence-electron chi connectivity index (χ0n) is 14.5. The summed E-state index contributed by atoms with van der Waals surface area (Å²) in [6.45, 7) is 6.18. The standard InChI is InChI=1S/C17H24N4O2S/c1-5-14-18-17(21-20-14)24-10-15(22)19-16(11(2)3)12-6-8-13(23-4)9-7-12/h6-9,11,16H,5,10H2,1-4H3,(H,19,22)(H,18,20,21). The summed E-state index contributed by atoms with van der Waals surface area (Å²) in [6.07, 6.45) is 0.798. The van der Waals surface area contributed by atoms with Crippen LogP contribution in [0.4, 0.5) is 0 Å². The topological polar surface area (TPSA) is 79.9 Å². The molecule has 1 heterocycles. The molecule has 2 aromatic rings. The number of aryl methyl sites for hydroxylation is 1. The monoisotopic (exact) mass is 348 g/mol. The summed E-state index contributed by atoms with van der Waals surface area (Å²) in [5.41, 5.74) is 1.07. The third-order valence-corrected chi connectivity index (χ3v) is 4.48. The number of ether oxygens (including phenoxy) is 1. The van der Waals surface area contributed by atoms with Crippen LogP contribution in [0.3, 0.4) is 0 Å². The highest BCUT2D eigenvalue weighted by Gasteiger charge is 2.19. The van der Waals surface area contributed by atoms with Crippen LogP contribution in [0.1, 0.15) is 38.2 Å². The molecule has 0 bridgehead atoms. The highest BCUT2D eigenvalue weighted by Crippen LogP contribution is 2.24. The summed E-state index contributed by atoms with van der Waals surface area (Å²) in [5.74, 6) is 2.18. The smallest absolute Gasteiger partial charge is 0.230 e. The Balaban J connectivity index is 1.94. The number of carbonyl (C=O) groups excluding carboxylic acids is 1. The molecule has 1 aromatic carbocycles. The predicted octanol–water partition coefficient (Wildman–Crippen LogP) is 2.98. The second kappa shape index (κ2) is 8.73. The van der Waals surface area contributed by atoms with E-state index in [4.69, 9.17) is 4.74 Å². The van der Waals surface area contributed by atoms with Crippen LogP contribution < -0.4 is 10.1 Å². The normalized spacial score (nSPS) is 12.2. The van der Waals surface area contributed by atoms with Crippen LogP contribution in [-0.2, 0) is 11.2 Å². The van der Waals surface area contributed by atoms with Gasteiger partial charge in [0.1, 0.15) is 11.6 Å². The third kappa shape index (κ3) is 4.99. The van der Waals surface area contributed by atoms with Crippen LogP contribution in [0.15, 0.2) is 29.4 Å². The van der Waals surface area contributed by atoms with E-state index in [2.05, 4.69) is 34.3 Å². The Morgan fingerprint density at radius 3 is 2.58 bits per heavy atom. The second-order valence-corrected chi connectivity index (χ2v) is 6.71. The Morgan fingerprint density at radius 2 is 2.04 bits per heavy atom. The first-order valence-electron chi connectivity index (χ1n) is 8.00. The fourth-order valence-corrected chi connectivity index (χ4v) is 2.92. The van der Waals surface area contributed by atoms with E-state index in [0.29, 0.717) is 10.9 Å². The third-order valence-electron chi connectivity index (χ3n) is 3.64. The Morgan fingerprint density at radius 1 is 1.33 bits per heavy atom. The van der Waals surface area contributed by atoms with E-state index < -0.39 is 0 Å². The average molecular weight is 348 g/mol. The molecule has 0 aliphatic carbocycles. The van der Waals surface area contributed by atoms with Crippen molar-refractivity contribution in [3.63, 3.8) is 0 Å². The molecule has 0 saturated heterocycles. The number of benzene rings is 1. The molecule has 0 radical (unpaired) electrons. The number of nitrogens with zero attached hydrogens (tertiary/aromatic N) is 2. The predicted molar refractivity (Wildman–Crippen MR) is 95.2 cm³/mol. The van der Waals surface area contributed by atoms with E-state index in [1.807, 2.05) is 31.2 Å². The number of hydrogen-bond acceptors (Lipinski definition) is 5. The van der Waals surface area contributed by atoms with Crippen LogP contribution in [0.25, 0.3) is 0 Å². The van der Waals surface area contributed by atoms with Gasteiger partial charge in [-0.3, -0.25) is 9.89 Å².